The van der Waals surface area contributed by atoms with Crippen molar-refractivity contribution in [3.05, 3.63) is 7.43 Å². The van der Waals surface area contributed by atoms with Gasteiger partial charge in [0, 0.05) is 13.8 Å². The van der Waals surface area contributed by atoms with E-state index in [0.717, 1.165) is 6.42 Å². The molecule has 0 aliphatic heterocycles. The Morgan fingerprint density at radius 1 is 1.80 bits per heavy atom. The van der Waals surface area contributed by atoms with Gasteiger partial charge in [0.15, 0.2) is 0 Å². The molecule has 5 heavy (non-hydrogen) atoms. The predicted octanol–water partition coefficient (Wildman–Crippen LogP) is 1.11. The summed E-state index contributed by atoms with van der Waals surface area (Å²) in [5.41, 5.74) is 0. The molecule has 0 nitrogen and oxygen atoms in total. The molecule has 0 aromatic heterocycles. The molecule has 0 spiro atoms. The minimum atomic E-state index is 0. The molecule has 4 radical (unpaired) electrons. The van der Waals surface area contributed by atoms with Crippen LogP contribution in [0.15, 0.2) is 0 Å². The average molecular weight is 66.1 g/mol. The molecule has 0 heteroatoms. The SMILES string of the molecule is C#CCC.[C]. The van der Waals surface area contributed by atoms with Crippen LogP contribution in [0, 0.1) is 19.8 Å². The highest BCUT2D eigenvalue weighted by Gasteiger charge is 1.43. The molecule has 0 rings (SSSR count). The smallest absolute Gasteiger partial charge is 0.00576 e. The average Bonchev–Trinajstić information content (AvgIpc) is 1.37. The van der Waals surface area contributed by atoms with E-state index in [4.69, 9.17) is 6.42 Å². The molecular formula is C5H6. The number of hydrogen-bond donors (Lipinski definition) is 0. The molecule has 0 aromatic rings. The largest absolute Gasteiger partial charge is 0.120 e. The molecule has 26 valence electrons. The summed E-state index contributed by atoms with van der Waals surface area (Å²) in [4.78, 5) is 0. The third-order valence-electron chi connectivity index (χ3n) is 0.204. The van der Waals surface area contributed by atoms with Crippen LogP contribution in [0.3, 0.4) is 0 Å². The molecule has 0 fully saturated rings. The molecule has 0 aromatic carbocycles. The maximum absolute atomic E-state index is 4.78. The summed E-state index contributed by atoms with van der Waals surface area (Å²) in [5, 5.41) is 0. The van der Waals surface area contributed by atoms with Crippen LogP contribution >= 0.6 is 0 Å². The van der Waals surface area contributed by atoms with Gasteiger partial charge in [0.05, 0.1) is 0 Å². The van der Waals surface area contributed by atoms with E-state index in [1.165, 1.54) is 0 Å². The molecule has 0 unspecified atom stereocenters. The summed E-state index contributed by atoms with van der Waals surface area (Å²) < 4.78 is 0. The van der Waals surface area contributed by atoms with Crippen LogP contribution in [0.4, 0.5) is 0 Å². The van der Waals surface area contributed by atoms with Crippen LogP contribution in [0.1, 0.15) is 13.3 Å². The van der Waals surface area contributed by atoms with Crippen LogP contribution in [0.5, 0.6) is 0 Å². The van der Waals surface area contributed by atoms with Crippen molar-refractivity contribution in [3.63, 3.8) is 0 Å². The summed E-state index contributed by atoms with van der Waals surface area (Å²) in [7, 11) is 0. The van der Waals surface area contributed by atoms with E-state index in [1.54, 1.807) is 0 Å². The summed E-state index contributed by atoms with van der Waals surface area (Å²) in [6, 6.07) is 0. The van der Waals surface area contributed by atoms with Crippen LogP contribution in [0.2, 0.25) is 0 Å². The van der Waals surface area contributed by atoms with Gasteiger partial charge in [0.1, 0.15) is 0 Å². The molecule has 0 saturated carbocycles. The Morgan fingerprint density at radius 3 is 2.00 bits per heavy atom. The van der Waals surface area contributed by atoms with E-state index in [9.17, 15) is 0 Å². The second kappa shape index (κ2) is 9.59. The van der Waals surface area contributed by atoms with Gasteiger partial charge < -0.3 is 0 Å². The van der Waals surface area contributed by atoms with Gasteiger partial charge in [-0.15, -0.1) is 12.3 Å². The molecule has 0 atom stereocenters. The van der Waals surface area contributed by atoms with E-state index in [1.807, 2.05) is 6.92 Å². The Morgan fingerprint density at radius 2 is 2.00 bits per heavy atom. The molecule has 0 N–H and O–H groups in total. The maximum atomic E-state index is 4.78. The summed E-state index contributed by atoms with van der Waals surface area (Å²) >= 11 is 0. The Hall–Kier alpha value is -0.440. The highest BCUT2D eigenvalue weighted by atomic mass is 13.5. The number of terminal acetylenes is 1. The van der Waals surface area contributed by atoms with E-state index in [-0.39, 0.29) is 7.43 Å². The van der Waals surface area contributed by atoms with Crippen molar-refractivity contribution in [2.24, 2.45) is 0 Å². The Kier molecular flexibility index (Phi) is 16.9. The van der Waals surface area contributed by atoms with Gasteiger partial charge in [-0.2, -0.15) is 0 Å². The van der Waals surface area contributed by atoms with E-state index < -0.39 is 0 Å². The van der Waals surface area contributed by atoms with Crippen molar-refractivity contribution in [2.75, 3.05) is 0 Å². The maximum Gasteiger partial charge on any atom is 0.00576 e. The van der Waals surface area contributed by atoms with Crippen molar-refractivity contribution in [1.82, 2.24) is 0 Å². The fourth-order valence-corrected chi connectivity index (χ4v) is 0. The Labute approximate surface area is 34.2 Å². The second-order valence-electron chi connectivity index (χ2n) is 0.558. The van der Waals surface area contributed by atoms with Crippen LogP contribution < -0.4 is 0 Å². The molecule has 0 saturated heterocycles. The lowest BCUT2D eigenvalue weighted by Crippen LogP contribution is -1.38. The fourth-order valence-electron chi connectivity index (χ4n) is 0. The van der Waals surface area contributed by atoms with Crippen LogP contribution in [-0.2, 0) is 0 Å². The summed E-state index contributed by atoms with van der Waals surface area (Å²) in [6.45, 7) is 1.94. The van der Waals surface area contributed by atoms with E-state index in [0.29, 0.717) is 0 Å². The van der Waals surface area contributed by atoms with Crippen molar-refractivity contribution in [1.29, 1.82) is 0 Å². The third-order valence-corrected chi connectivity index (χ3v) is 0.204. The first-order valence-corrected chi connectivity index (χ1v) is 1.35. The highest BCUT2D eigenvalue weighted by Crippen LogP contribution is 1.58. The van der Waals surface area contributed by atoms with Gasteiger partial charge in [-0.05, 0) is 0 Å². The Bertz CT molecular complexity index is 29.8. The lowest BCUT2D eigenvalue weighted by molar-refractivity contribution is 1.28. The number of hydrogen-bond acceptors (Lipinski definition) is 0. The summed E-state index contributed by atoms with van der Waals surface area (Å²) in [6.07, 6.45) is 5.62. The molecule has 0 amide bonds. The van der Waals surface area contributed by atoms with Gasteiger partial charge in [-0.25, -0.2) is 0 Å². The monoisotopic (exact) mass is 66.0 g/mol. The molecule has 0 heterocycles. The van der Waals surface area contributed by atoms with Crippen molar-refractivity contribution >= 4 is 0 Å². The topological polar surface area (TPSA) is 0 Å². The van der Waals surface area contributed by atoms with E-state index >= 15 is 0 Å². The molecule has 0 bridgehead atoms. The quantitative estimate of drug-likeness (QED) is 0.371. The highest BCUT2D eigenvalue weighted by molar-refractivity contribution is 4.80. The van der Waals surface area contributed by atoms with Crippen molar-refractivity contribution in [2.45, 2.75) is 13.3 Å². The van der Waals surface area contributed by atoms with Crippen LogP contribution in [0.25, 0.3) is 0 Å². The third kappa shape index (κ3) is 27.6. The van der Waals surface area contributed by atoms with Crippen molar-refractivity contribution < 1.29 is 0 Å². The van der Waals surface area contributed by atoms with Gasteiger partial charge in [-0.1, -0.05) is 6.92 Å². The predicted molar refractivity (Wildman–Crippen MR) is 22.4 cm³/mol. The normalized spacial score (nSPS) is 4.00. The molecule has 0 aliphatic carbocycles. The first kappa shape index (κ1) is 8.82. The van der Waals surface area contributed by atoms with E-state index in [2.05, 4.69) is 5.92 Å². The first-order valence-electron chi connectivity index (χ1n) is 1.35. The van der Waals surface area contributed by atoms with Crippen LogP contribution in [-0.4, -0.2) is 0 Å². The van der Waals surface area contributed by atoms with Gasteiger partial charge in [0.25, 0.3) is 0 Å². The van der Waals surface area contributed by atoms with Gasteiger partial charge in [-0.3, -0.25) is 0 Å². The fraction of sp³-hybridized carbons (Fsp3) is 0.400. The zero-order valence-electron chi connectivity index (χ0n) is 3.28. The second-order valence-corrected chi connectivity index (χ2v) is 0.558. The van der Waals surface area contributed by atoms with Gasteiger partial charge >= 0.3 is 0 Å². The number of rotatable bonds is 0. The minimum Gasteiger partial charge on any atom is -0.120 e. The Balaban J connectivity index is 0. The zero-order valence-corrected chi connectivity index (χ0v) is 3.28. The summed E-state index contributed by atoms with van der Waals surface area (Å²) in [5.74, 6) is 2.43. The van der Waals surface area contributed by atoms with Crippen molar-refractivity contribution in [3.8, 4) is 12.3 Å². The standard InChI is InChI=1S/C4H6.C/c1-3-4-2;/h1H,4H2,2H3;. The first-order chi connectivity index (χ1) is 1.91. The molecular weight excluding hydrogens is 60.1 g/mol. The molecule has 0 aliphatic rings. The lowest BCUT2D eigenvalue weighted by atomic mass is 10.5. The lowest BCUT2D eigenvalue weighted by Gasteiger charge is -1.52. The minimum absolute atomic E-state index is 0. The zero-order chi connectivity index (χ0) is 3.41. The van der Waals surface area contributed by atoms with Gasteiger partial charge in [0.2, 0.25) is 0 Å².